The number of fused-ring (bicyclic) bond motifs is 1. The molecule has 1 aliphatic carbocycles. The SMILES string of the molecule is CC1(C)CC1CNCC1CNc2ccccc2O1. The van der Waals surface area contributed by atoms with E-state index in [-0.39, 0.29) is 6.10 Å². The highest BCUT2D eigenvalue weighted by molar-refractivity contribution is 5.57. The predicted octanol–water partition coefficient (Wildman–Crippen LogP) is 2.50. The second-order valence-electron chi connectivity index (χ2n) is 6.16. The summed E-state index contributed by atoms with van der Waals surface area (Å²) in [5.74, 6) is 1.82. The van der Waals surface area contributed by atoms with E-state index >= 15 is 0 Å². The average molecular weight is 246 g/mol. The van der Waals surface area contributed by atoms with Gasteiger partial charge in [0.05, 0.1) is 12.2 Å². The molecule has 1 aliphatic heterocycles. The van der Waals surface area contributed by atoms with Crippen LogP contribution >= 0.6 is 0 Å². The van der Waals surface area contributed by atoms with Crippen LogP contribution in [0.4, 0.5) is 5.69 Å². The zero-order chi connectivity index (χ0) is 12.6. The van der Waals surface area contributed by atoms with Gasteiger partial charge in [0, 0.05) is 6.54 Å². The Hall–Kier alpha value is -1.22. The molecule has 2 aliphatic rings. The van der Waals surface area contributed by atoms with E-state index in [4.69, 9.17) is 4.74 Å². The van der Waals surface area contributed by atoms with E-state index in [1.807, 2.05) is 18.2 Å². The Morgan fingerprint density at radius 1 is 1.33 bits per heavy atom. The number of nitrogens with one attached hydrogen (secondary N) is 2. The zero-order valence-electron chi connectivity index (χ0n) is 11.2. The molecule has 0 bridgehead atoms. The van der Waals surface area contributed by atoms with Crippen molar-refractivity contribution in [3.8, 4) is 5.75 Å². The number of benzene rings is 1. The maximum Gasteiger partial charge on any atom is 0.142 e. The Morgan fingerprint density at radius 3 is 2.89 bits per heavy atom. The average Bonchev–Trinajstić information content (AvgIpc) is 2.97. The third-order valence-corrected chi connectivity index (χ3v) is 4.18. The van der Waals surface area contributed by atoms with Gasteiger partial charge in [0.2, 0.25) is 0 Å². The largest absolute Gasteiger partial charge is 0.485 e. The Morgan fingerprint density at radius 2 is 2.11 bits per heavy atom. The minimum Gasteiger partial charge on any atom is -0.485 e. The van der Waals surface area contributed by atoms with Crippen LogP contribution in [0.2, 0.25) is 0 Å². The fourth-order valence-electron chi connectivity index (χ4n) is 2.62. The van der Waals surface area contributed by atoms with Gasteiger partial charge in [-0.05, 0) is 36.4 Å². The molecule has 1 aromatic carbocycles. The van der Waals surface area contributed by atoms with Gasteiger partial charge in [0.1, 0.15) is 11.9 Å². The molecule has 98 valence electrons. The second-order valence-corrected chi connectivity index (χ2v) is 6.16. The van der Waals surface area contributed by atoms with Crippen molar-refractivity contribution < 1.29 is 4.74 Å². The van der Waals surface area contributed by atoms with Crippen LogP contribution in [0.15, 0.2) is 24.3 Å². The molecule has 3 rings (SSSR count). The van der Waals surface area contributed by atoms with Crippen LogP contribution in [0.5, 0.6) is 5.75 Å². The Balaban J connectivity index is 1.45. The van der Waals surface area contributed by atoms with Crippen molar-refractivity contribution in [3.05, 3.63) is 24.3 Å². The van der Waals surface area contributed by atoms with Crippen LogP contribution in [0.25, 0.3) is 0 Å². The number of hydrogen-bond acceptors (Lipinski definition) is 3. The molecule has 0 aromatic heterocycles. The van der Waals surface area contributed by atoms with Gasteiger partial charge in [0.15, 0.2) is 0 Å². The first-order chi connectivity index (χ1) is 8.65. The third kappa shape index (κ3) is 2.46. The molecule has 0 saturated heterocycles. The summed E-state index contributed by atoms with van der Waals surface area (Å²) in [4.78, 5) is 0. The van der Waals surface area contributed by atoms with E-state index in [0.717, 1.165) is 37.0 Å². The molecule has 1 heterocycles. The normalized spacial score (nSPS) is 27.9. The van der Waals surface area contributed by atoms with Gasteiger partial charge >= 0.3 is 0 Å². The van der Waals surface area contributed by atoms with Crippen LogP contribution in [-0.2, 0) is 0 Å². The highest BCUT2D eigenvalue weighted by Crippen LogP contribution is 2.50. The minimum atomic E-state index is 0.238. The first kappa shape index (κ1) is 11.8. The maximum absolute atomic E-state index is 5.96. The monoisotopic (exact) mass is 246 g/mol. The highest BCUT2D eigenvalue weighted by Gasteiger charge is 2.44. The molecule has 2 unspecified atom stereocenters. The summed E-state index contributed by atoms with van der Waals surface area (Å²) in [5.41, 5.74) is 1.67. The maximum atomic E-state index is 5.96. The quantitative estimate of drug-likeness (QED) is 0.856. The van der Waals surface area contributed by atoms with E-state index < -0.39 is 0 Å². The molecule has 1 aromatic rings. The summed E-state index contributed by atoms with van der Waals surface area (Å²) >= 11 is 0. The Bertz CT molecular complexity index is 430. The van der Waals surface area contributed by atoms with Crippen LogP contribution < -0.4 is 15.4 Å². The molecule has 3 nitrogen and oxygen atoms in total. The van der Waals surface area contributed by atoms with Crippen molar-refractivity contribution in [2.24, 2.45) is 11.3 Å². The van der Waals surface area contributed by atoms with Crippen LogP contribution in [0, 0.1) is 11.3 Å². The molecule has 0 spiro atoms. The molecular formula is C15H22N2O. The van der Waals surface area contributed by atoms with Crippen molar-refractivity contribution >= 4 is 5.69 Å². The standard InChI is InChI=1S/C15H22N2O/c1-15(2)7-11(15)8-16-9-12-10-17-13-5-3-4-6-14(13)18-12/h3-6,11-12,16-17H,7-10H2,1-2H3. The first-order valence-electron chi connectivity index (χ1n) is 6.85. The molecular weight excluding hydrogens is 224 g/mol. The fraction of sp³-hybridized carbons (Fsp3) is 0.600. The smallest absolute Gasteiger partial charge is 0.142 e. The summed E-state index contributed by atoms with van der Waals surface area (Å²) in [6.07, 6.45) is 1.59. The number of ether oxygens (including phenoxy) is 1. The lowest BCUT2D eigenvalue weighted by Crippen LogP contribution is -2.40. The predicted molar refractivity (Wildman–Crippen MR) is 74.1 cm³/mol. The molecule has 0 radical (unpaired) electrons. The summed E-state index contributed by atoms with van der Waals surface area (Å²) in [6, 6.07) is 8.14. The van der Waals surface area contributed by atoms with E-state index in [1.54, 1.807) is 0 Å². The summed E-state index contributed by atoms with van der Waals surface area (Å²) in [6.45, 7) is 7.61. The van der Waals surface area contributed by atoms with Crippen molar-refractivity contribution in [2.45, 2.75) is 26.4 Å². The van der Waals surface area contributed by atoms with Crippen LogP contribution in [0.1, 0.15) is 20.3 Å². The molecule has 3 heteroatoms. The number of anilines is 1. The Kier molecular flexibility index (Phi) is 2.94. The molecule has 1 fully saturated rings. The second kappa shape index (κ2) is 4.47. The fourth-order valence-corrected chi connectivity index (χ4v) is 2.62. The van der Waals surface area contributed by atoms with E-state index in [2.05, 4.69) is 30.5 Å². The zero-order valence-corrected chi connectivity index (χ0v) is 11.2. The van der Waals surface area contributed by atoms with Gasteiger partial charge in [-0.15, -0.1) is 0 Å². The molecule has 2 atom stereocenters. The lowest BCUT2D eigenvalue weighted by atomic mass is 10.1. The summed E-state index contributed by atoms with van der Waals surface area (Å²) in [7, 11) is 0. The van der Waals surface area contributed by atoms with E-state index in [0.29, 0.717) is 5.41 Å². The molecule has 2 N–H and O–H groups in total. The topological polar surface area (TPSA) is 33.3 Å². The van der Waals surface area contributed by atoms with Crippen molar-refractivity contribution in [2.75, 3.05) is 25.0 Å². The van der Waals surface area contributed by atoms with Gasteiger partial charge in [0.25, 0.3) is 0 Å². The Labute approximate surface area is 109 Å². The van der Waals surface area contributed by atoms with Gasteiger partial charge in [-0.2, -0.15) is 0 Å². The lowest BCUT2D eigenvalue weighted by Gasteiger charge is -2.27. The van der Waals surface area contributed by atoms with Gasteiger partial charge < -0.3 is 15.4 Å². The van der Waals surface area contributed by atoms with Gasteiger partial charge in [-0.25, -0.2) is 0 Å². The number of rotatable bonds is 4. The van der Waals surface area contributed by atoms with Gasteiger partial charge in [-0.1, -0.05) is 26.0 Å². The third-order valence-electron chi connectivity index (χ3n) is 4.18. The van der Waals surface area contributed by atoms with Crippen LogP contribution in [-0.4, -0.2) is 25.7 Å². The van der Waals surface area contributed by atoms with Gasteiger partial charge in [-0.3, -0.25) is 0 Å². The van der Waals surface area contributed by atoms with E-state index in [9.17, 15) is 0 Å². The molecule has 1 saturated carbocycles. The van der Waals surface area contributed by atoms with Crippen LogP contribution in [0.3, 0.4) is 0 Å². The lowest BCUT2D eigenvalue weighted by molar-refractivity contribution is 0.201. The highest BCUT2D eigenvalue weighted by atomic mass is 16.5. The minimum absolute atomic E-state index is 0.238. The van der Waals surface area contributed by atoms with E-state index in [1.165, 1.54) is 6.42 Å². The van der Waals surface area contributed by atoms with Crippen molar-refractivity contribution in [1.29, 1.82) is 0 Å². The van der Waals surface area contributed by atoms with Crippen molar-refractivity contribution in [3.63, 3.8) is 0 Å². The summed E-state index contributed by atoms with van der Waals surface area (Å²) in [5, 5.41) is 6.96. The molecule has 18 heavy (non-hydrogen) atoms. The molecule has 0 amide bonds. The number of para-hydroxylation sites is 2. The first-order valence-corrected chi connectivity index (χ1v) is 6.85. The van der Waals surface area contributed by atoms with Crippen molar-refractivity contribution in [1.82, 2.24) is 5.32 Å². The summed E-state index contributed by atoms with van der Waals surface area (Å²) < 4.78 is 5.96. The number of hydrogen-bond donors (Lipinski definition) is 2.